The quantitative estimate of drug-likeness (QED) is 0.443. The first-order valence-corrected chi connectivity index (χ1v) is 5.73. The summed E-state index contributed by atoms with van der Waals surface area (Å²) in [6, 6.07) is 0. The molecule has 0 heterocycles. The maximum absolute atomic E-state index is 9.60. The van der Waals surface area contributed by atoms with E-state index in [-0.39, 0.29) is 25.4 Å². The summed E-state index contributed by atoms with van der Waals surface area (Å²) in [5.41, 5.74) is -0.491. The van der Waals surface area contributed by atoms with Gasteiger partial charge in [-0.05, 0) is 13.3 Å². The summed E-state index contributed by atoms with van der Waals surface area (Å²) in [6.45, 7) is 8.92. The van der Waals surface area contributed by atoms with Crippen molar-refractivity contribution in [3.8, 4) is 0 Å². The summed E-state index contributed by atoms with van der Waals surface area (Å²) in [6.07, 6.45) is 1.43. The molecule has 0 atom stereocenters. The lowest BCUT2D eigenvalue weighted by atomic mass is 9.88. The molecule has 0 aromatic rings. The van der Waals surface area contributed by atoms with Gasteiger partial charge < -0.3 is 25.5 Å². The molecule has 0 bridgehead atoms. The van der Waals surface area contributed by atoms with Crippen LogP contribution in [0.1, 0.15) is 20.3 Å². The van der Waals surface area contributed by atoms with E-state index in [4.69, 9.17) is 25.5 Å². The third-order valence-corrected chi connectivity index (χ3v) is 2.30. The minimum atomic E-state index is -0.981. The zero-order chi connectivity index (χ0) is 16.8. The summed E-state index contributed by atoms with van der Waals surface area (Å²) in [5.74, 6) is -1.92. The third kappa shape index (κ3) is 14.4. The highest BCUT2D eigenvalue weighted by atomic mass is 16.4. The van der Waals surface area contributed by atoms with Crippen molar-refractivity contribution in [2.45, 2.75) is 20.3 Å². The van der Waals surface area contributed by atoms with E-state index >= 15 is 0 Å². The van der Waals surface area contributed by atoms with E-state index in [0.717, 1.165) is 6.08 Å². The van der Waals surface area contributed by atoms with Gasteiger partial charge in [-0.25, -0.2) is 9.59 Å². The van der Waals surface area contributed by atoms with Crippen LogP contribution in [0, 0.1) is 5.41 Å². The SMILES string of the molecule is C=C(C)C(=O)O.C=CC(=O)O.CCC(CO)(CO)CO. The molecule has 0 aromatic carbocycles. The van der Waals surface area contributed by atoms with Crippen molar-refractivity contribution >= 4 is 11.9 Å². The van der Waals surface area contributed by atoms with Gasteiger partial charge in [0.1, 0.15) is 0 Å². The molecule has 0 unspecified atom stereocenters. The summed E-state index contributed by atoms with van der Waals surface area (Å²) in [4.78, 5) is 18.8. The van der Waals surface area contributed by atoms with Crippen molar-refractivity contribution in [3.05, 3.63) is 24.8 Å². The van der Waals surface area contributed by atoms with Gasteiger partial charge in [-0.2, -0.15) is 0 Å². The van der Waals surface area contributed by atoms with Crippen molar-refractivity contribution < 1.29 is 35.1 Å². The fourth-order valence-electron chi connectivity index (χ4n) is 0.485. The smallest absolute Gasteiger partial charge is 0.330 e. The van der Waals surface area contributed by atoms with Crippen LogP contribution in [0.2, 0.25) is 0 Å². The van der Waals surface area contributed by atoms with Crippen molar-refractivity contribution in [2.24, 2.45) is 5.41 Å². The molecule has 0 radical (unpaired) electrons. The average molecular weight is 292 g/mol. The molecule has 0 rings (SSSR count). The summed E-state index contributed by atoms with van der Waals surface area (Å²) in [5, 5.41) is 41.5. The second-order valence-electron chi connectivity index (χ2n) is 3.96. The first-order valence-electron chi connectivity index (χ1n) is 5.73. The summed E-state index contributed by atoms with van der Waals surface area (Å²) >= 11 is 0. The molecule has 0 aliphatic rings. The van der Waals surface area contributed by atoms with Gasteiger partial charge in [-0.15, -0.1) is 0 Å². The molecular weight excluding hydrogens is 268 g/mol. The van der Waals surface area contributed by atoms with E-state index in [9.17, 15) is 9.59 Å². The van der Waals surface area contributed by atoms with E-state index in [0.29, 0.717) is 6.42 Å². The minimum Gasteiger partial charge on any atom is -0.478 e. The van der Waals surface area contributed by atoms with Crippen LogP contribution in [0.15, 0.2) is 24.8 Å². The number of carboxylic acids is 2. The van der Waals surface area contributed by atoms with Crippen molar-refractivity contribution in [3.63, 3.8) is 0 Å². The zero-order valence-corrected chi connectivity index (χ0v) is 11.9. The molecule has 0 aliphatic carbocycles. The molecule has 0 aromatic heterocycles. The highest BCUT2D eigenvalue weighted by Crippen LogP contribution is 2.18. The number of rotatable bonds is 6. The molecule has 7 nitrogen and oxygen atoms in total. The van der Waals surface area contributed by atoms with Crippen LogP contribution in [-0.2, 0) is 9.59 Å². The van der Waals surface area contributed by atoms with Gasteiger partial charge in [-0.3, -0.25) is 0 Å². The molecule has 5 N–H and O–H groups in total. The standard InChI is InChI=1S/C6H14O3.C4H6O2.C3H4O2/c1-2-6(3-7,4-8)5-9;1-3(2)4(5)6;1-2-3(4)5/h7-9H,2-5H2,1H3;1H2,2H3,(H,5,6);2H,1H2,(H,4,5). The lowest BCUT2D eigenvalue weighted by Gasteiger charge is -2.24. The number of aliphatic carboxylic acids is 2. The largest absolute Gasteiger partial charge is 0.478 e. The molecule has 118 valence electrons. The van der Waals surface area contributed by atoms with Crippen LogP contribution in [-0.4, -0.2) is 57.3 Å². The fraction of sp³-hybridized carbons (Fsp3) is 0.538. The van der Waals surface area contributed by atoms with Crippen LogP contribution in [0.4, 0.5) is 0 Å². The normalized spacial score (nSPS) is 9.25. The second kappa shape index (κ2) is 13.7. The van der Waals surface area contributed by atoms with E-state index in [1.807, 2.05) is 6.92 Å². The van der Waals surface area contributed by atoms with E-state index < -0.39 is 17.4 Å². The summed E-state index contributed by atoms with van der Waals surface area (Å²) in [7, 11) is 0. The maximum Gasteiger partial charge on any atom is 0.330 e. The average Bonchev–Trinajstić information content (AvgIpc) is 2.43. The Morgan fingerprint density at radius 1 is 1.10 bits per heavy atom. The van der Waals surface area contributed by atoms with Crippen LogP contribution in [0.5, 0.6) is 0 Å². The first kappa shape index (κ1) is 23.4. The number of aliphatic hydroxyl groups is 3. The number of aliphatic hydroxyl groups excluding tert-OH is 3. The van der Waals surface area contributed by atoms with Gasteiger partial charge in [0.05, 0.1) is 19.8 Å². The van der Waals surface area contributed by atoms with Crippen molar-refractivity contribution in [1.82, 2.24) is 0 Å². The van der Waals surface area contributed by atoms with Gasteiger partial charge >= 0.3 is 11.9 Å². The molecule has 0 amide bonds. The minimum absolute atomic E-state index is 0.156. The van der Waals surface area contributed by atoms with Crippen molar-refractivity contribution in [2.75, 3.05) is 19.8 Å². The topological polar surface area (TPSA) is 135 Å². The summed E-state index contributed by atoms with van der Waals surface area (Å²) < 4.78 is 0. The molecule has 0 saturated carbocycles. The zero-order valence-electron chi connectivity index (χ0n) is 11.9. The molecule has 0 spiro atoms. The van der Waals surface area contributed by atoms with Gasteiger partial charge in [0.2, 0.25) is 0 Å². The Hall–Kier alpha value is -1.70. The fourth-order valence-corrected chi connectivity index (χ4v) is 0.485. The van der Waals surface area contributed by atoms with E-state index in [1.54, 1.807) is 0 Å². The van der Waals surface area contributed by atoms with Crippen molar-refractivity contribution in [1.29, 1.82) is 0 Å². The molecule has 7 heteroatoms. The van der Waals surface area contributed by atoms with Crippen LogP contribution in [0.25, 0.3) is 0 Å². The Balaban J connectivity index is -0.000000230. The predicted molar refractivity (Wildman–Crippen MR) is 74.3 cm³/mol. The molecule has 0 fully saturated rings. The Labute approximate surface area is 118 Å². The van der Waals surface area contributed by atoms with Crippen LogP contribution in [0.3, 0.4) is 0 Å². The number of carbonyl (C=O) groups is 2. The lowest BCUT2D eigenvalue weighted by Crippen LogP contribution is -2.32. The molecule has 0 saturated heterocycles. The lowest BCUT2D eigenvalue weighted by molar-refractivity contribution is -0.133. The molecule has 0 aliphatic heterocycles. The number of hydrogen-bond donors (Lipinski definition) is 5. The highest BCUT2D eigenvalue weighted by Gasteiger charge is 2.24. The Kier molecular flexibility index (Phi) is 16.1. The van der Waals surface area contributed by atoms with E-state index in [2.05, 4.69) is 13.2 Å². The second-order valence-corrected chi connectivity index (χ2v) is 3.96. The first-order chi connectivity index (χ1) is 9.16. The van der Waals surface area contributed by atoms with E-state index in [1.165, 1.54) is 6.92 Å². The number of carboxylic acid groups (broad SMARTS) is 2. The maximum atomic E-state index is 9.60. The van der Waals surface area contributed by atoms with Gasteiger partial charge in [0.25, 0.3) is 0 Å². The Morgan fingerprint density at radius 2 is 1.35 bits per heavy atom. The highest BCUT2D eigenvalue weighted by molar-refractivity contribution is 5.84. The molecule has 20 heavy (non-hydrogen) atoms. The third-order valence-electron chi connectivity index (χ3n) is 2.30. The molecular formula is C13H24O7. The van der Waals surface area contributed by atoms with Gasteiger partial charge in [0, 0.05) is 17.1 Å². The monoisotopic (exact) mass is 292 g/mol. The van der Waals surface area contributed by atoms with Crippen LogP contribution >= 0.6 is 0 Å². The van der Waals surface area contributed by atoms with Gasteiger partial charge in [0.15, 0.2) is 0 Å². The number of hydrogen-bond acceptors (Lipinski definition) is 5. The Morgan fingerprint density at radius 3 is 1.35 bits per heavy atom. The predicted octanol–water partition coefficient (Wildman–Crippen LogP) is 0.264. The van der Waals surface area contributed by atoms with Gasteiger partial charge in [-0.1, -0.05) is 20.1 Å². The van der Waals surface area contributed by atoms with Crippen LogP contribution < -0.4 is 0 Å². The Bertz CT molecular complexity index is 276.